The van der Waals surface area contributed by atoms with E-state index in [4.69, 9.17) is 0 Å². The molecule has 0 amide bonds. The molecule has 140 valence electrons. The lowest BCUT2D eigenvalue weighted by molar-refractivity contribution is 0.598. The first kappa shape index (κ1) is 16.9. The summed E-state index contributed by atoms with van der Waals surface area (Å²) >= 11 is 0. The average molecular weight is 369 g/mol. The first-order valence-electron chi connectivity index (χ1n) is 9.79. The van der Waals surface area contributed by atoms with Crippen molar-refractivity contribution < 1.29 is 0 Å². The minimum atomic E-state index is 0.298. The molecule has 1 N–H and O–H groups in total. The van der Waals surface area contributed by atoms with Crippen molar-refractivity contribution in [1.82, 2.24) is 19.5 Å². The highest BCUT2D eigenvalue weighted by molar-refractivity contribution is 5.81. The number of rotatable bonds is 3. The second-order valence-corrected chi connectivity index (χ2v) is 7.53. The number of hydrogen-bond donors (Lipinski definition) is 1. The summed E-state index contributed by atoms with van der Waals surface area (Å²) in [6, 6.07) is 17.4. The van der Waals surface area contributed by atoms with Crippen LogP contribution >= 0.6 is 0 Å². The van der Waals surface area contributed by atoms with Gasteiger partial charge >= 0.3 is 0 Å². The first-order chi connectivity index (χ1) is 13.7. The van der Waals surface area contributed by atoms with Crippen molar-refractivity contribution in [1.29, 1.82) is 0 Å². The van der Waals surface area contributed by atoms with Gasteiger partial charge in [-0.05, 0) is 49.4 Å². The Morgan fingerprint density at radius 1 is 1.07 bits per heavy atom. The third-order valence-electron chi connectivity index (χ3n) is 5.55. The molecular formula is C23H23N5. The van der Waals surface area contributed by atoms with Crippen LogP contribution in [0.25, 0.3) is 22.3 Å². The molecule has 4 aromatic rings. The van der Waals surface area contributed by atoms with Crippen molar-refractivity contribution in [3.63, 3.8) is 0 Å². The van der Waals surface area contributed by atoms with Crippen LogP contribution in [0, 0.1) is 6.92 Å². The highest BCUT2D eigenvalue weighted by atomic mass is 15.1. The highest BCUT2D eigenvalue weighted by Crippen LogP contribution is 2.33. The molecule has 0 fully saturated rings. The monoisotopic (exact) mass is 369 g/mol. The van der Waals surface area contributed by atoms with Gasteiger partial charge in [-0.2, -0.15) is 0 Å². The second-order valence-electron chi connectivity index (χ2n) is 7.53. The van der Waals surface area contributed by atoms with E-state index in [0.29, 0.717) is 6.04 Å². The summed E-state index contributed by atoms with van der Waals surface area (Å²) in [6.45, 7) is 1.95. The van der Waals surface area contributed by atoms with Crippen LogP contribution in [0.1, 0.15) is 35.8 Å². The summed E-state index contributed by atoms with van der Waals surface area (Å²) in [6.07, 6.45) is 5.32. The van der Waals surface area contributed by atoms with Gasteiger partial charge in [0.25, 0.3) is 0 Å². The largest absolute Gasteiger partial charge is 0.363 e. The molecule has 28 heavy (non-hydrogen) atoms. The van der Waals surface area contributed by atoms with E-state index in [0.717, 1.165) is 46.8 Å². The Kier molecular flexibility index (Phi) is 4.08. The molecule has 5 rings (SSSR count). The summed E-state index contributed by atoms with van der Waals surface area (Å²) in [4.78, 5) is 13.7. The van der Waals surface area contributed by atoms with Crippen molar-refractivity contribution in [2.75, 3.05) is 5.32 Å². The molecule has 0 aliphatic heterocycles. The van der Waals surface area contributed by atoms with Gasteiger partial charge in [0.1, 0.15) is 11.6 Å². The number of fused-ring (bicyclic) bond motifs is 2. The minimum Gasteiger partial charge on any atom is -0.363 e. The van der Waals surface area contributed by atoms with E-state index < -0.39 is 0 Å². The fourth-order valence-electron chi connectivity index (χ4n) is 4.16. The summed E-state index contributed by atoms with van der Waals surface area (Å²) in [5, 5.41) is 3.66. The van der Waals surface area contributed by atoms with E-state index in [1.54, 1.807) is 0 Å². The van der Waals surface area contributed by atoms with E-state index in [-0.39, 0.29) is 0 Å². The Morgan fingerprint density at radius 2 is 1.96 bits per heavy atom. The van der Waals surface area contributed by atoms with Gasteiger partial charge in [0.05, 0.1) is 29.1 Å². The Balaban J connectivity index is 1.50. The van der Waals surface area contributed by atoms with Crippen LogP contribution in [0.15, 0.2) is 54.9 Å². The lowest BCUT2D eigenvalue weighted by atomic mass is 9.88. The van der Waals surface area contributed by atoms with Crippen LogP contribution in [0.4, 0.5) is 5.82 Å². The van der Waals surface area contributed by atoms with Gasteiger partial charge in [-0.3, -0.25) is 0 Å². The Morgan fingerprint density at radius 3 is 2.89 bits per heavy atom. The van der Waals surface area contributed by atoms with Crippen LogP contribution in [-0.4, -0.2) is 19.5 Å². The molecule has 1 atom stereocenters. The molecule has 0 saturated carbocycles. The van der Waals surface area contributed by atoms with Crippen LogP contribution in [-0.2, 0) is 13.5 Å². The molecule has 0 bridgehead atoms. The fourth-order valence-corrected chi connectivity index (χ4v) is 4.16. The quantitative estimate of drug-likeness (QED) is 0.562. The zero-order valence-corrected chi connectivity index (χ0v) is 16.2. The fraction of sp³-hybridized carbons (Fsp3) is 0.261. The second kappa shape index (κ2) is 6.75. The smallest absolute Gasteiger partial charge is 0.130 e. The molecule has 0 spiro atoms. The van der Waals surface area contributed by atoms with Crippen LogP contribution < -0.4 is 5.32 Å². The van der Waals surface area contributed by atoms with Crippen molar-refractivity contribution in [2.24, 2.45) is 7.05 Å². The van der Waals surface area contributed by atoms with Gasteiger partial charge in [-0.15, -0.1) is 0 Å². The predicted molar refractivity (Wildman–Crippen MR) is 112 cm³/mol. The van der Waals surface area contributed by atoms with Crippen molar-refractivity contribution in [3.05, 3.63) is 71.8 Å². The number of aryl methyl sites for hydroxylation is 3. The first-order valence-corrected chi connectivity index (χ1v) is 9.79. The Hall–Kier alpha value is -3.21. The summed E-state index contributed by atoms with van der Waals surface area (Å²) in [5.74, 6) is 1.66. The molecule has 5 nitrogen and oxygen atoms in total. The van der Waals surface area contributed by atoms with Crippen molar-refractivity contribution in [2.45, 2.75) is 32.2 Å². The van der Waals surface area contributed by atoms with Crippen LogP contribution in [0.2, 0.25) is 0 Å². The molecule has 2 aromatic carbocycles. The molecule has 1 aliphatic carbocycles. The molecule has 5 heteroatoms. The number of nitrogens with zero attached hydrogens (tertiary/aromatic N) is 4. The molecule has 0 radical (unpaired) electrons. The lowest BCUT2D eigenvalue weighted by Gasteiger charge is -2.27. The topological polar surface area (TPSA) is 55.6 Å². The molecule has 0 saturated heterocycles. The van der Waals surface area contributed by atoms with E-state index in [1.165, 1.54) is 17.5 Å². The third kappa shape index (κ3) is 3.03. The lowest BCUT2D eigenvalue weighted by Crippen LogP contribution is -2.18. The number of benzene rings is 2. The van der Waals surface area contributed by atoms with Gasteiger partial charge < -0.3 is 9.88 Å². The van der Waals surface area contributed by atoms with Gasteiger partial charge in [-0.1, -0.05) is 30.3 Å². The maximum absolute atomic E-state index is 4.68. The number of nitrogens with one attached hydrogen (secondary N) is 1. The predicted octanol–water partition coefficient (Wildman–Crippen LogP) is 4.83. The van der Waals surface area contributed by atoms with Gasteiger partial charge in [0.2, 0.25) is 0 Å². The third-order valence-corrected chi connectivity index (χ3v) is 5.55. The van der Waals surface area contributed by atoms with E-state index in [9.17, 15) is 0 Å². The average Bonchev–Trinajstić information content (AvgIpc) is 3.08. The maximum Gasteiger partial charge on any atom is 0.130 e. The standard InChI is InChI=1S/C23H23N5/c1-15-25-21(17-10-11-20-22(12-17)28(2)14-24-20)13-23(26-15)27-19-9-5-7-16-6-3-4-8-18(16)19/h3-4,6,8,10-14,19H,5,7,9H2,1-2H3,(H,25,26,27)/t19-/m1/s1. The summed E-state index contributed by atoms with van der Waals surface area (Å²) in [7, 11) is 2.01. The van der Waals surface area contributed by atoms with Gasteiger partial charge in [0.15, 0.2) is 0 Å². The minimum absolute atomic E-state index is 0.298. The van der Waals surface area contributed by atoms with E-state index in [1.807, 2.05) is 30.9 Å². The SMILES string of the molecule is Cc1nc(N[C@@H]2CCCc3ccccc32)cc(-c2ccc3ncn(C)c3c2)n1. The number of imidazole rings is 1. The van der Waals surface area contributed by atoms with Crippen molar-refractivity contribution >= 4 is 16.9 Å². The van der Waals surface area contributed by atoms with Gasteiger partial charge in [0, 0.05) is 18.7 Å². The number of aromatic nitrogens is 4. The summed E-state index contributed by atoms with van der Waals surface area (Å²) in [5.41, 5.74) is 6.94. The number of hydrogen-bond acceptors (Lipinski definition) is 4. The number of anilines is 1. The summed E-state index contributed by atoms with van der Waals surface area (Å²) < 4.78 is 2.03. The molecular weight excluding hydrogens is 346 g/mol. The maximum atomic E-state index is 4.68. The molecule has 2 aromatic heterocycles. The van der Waals surface area contributed by atoms with Crippen molar-refractivity contribution in [3.8, 4) is 11.3 Å². The van der Waals surface area contributed by atoms with Gasteiger partial charge in [-0.25, -0.2) is 15.0 Å². The zero-order chi connectivity index (χ0) is 19.1. The van der Waals surface area contributed by atoms with Crippen LogP contribution in [0.5, 0.6) is 0 Å². The van der Waals surface area contributed by atoms with E-state index >= 15 is 0 Å². The molecule has 1 aliphatic rings. The van der Waals surface area contributed by atoms with E-state index in [2.05, 4.69) is 62.7 Å². The normalized spacial score (nSPS) is 16.1. The molecule has 0 unspecified atom stereocenters. The van der Waals surface area contributed by atoms with Crippen LogP contribution in [0.3, 0.4) is 0 Å². The molecule has 2 heterocycles. The Bertz CT molecular complexity index is 1160. The Labute approximate surface area is 164 Å². The zero-order valence-electron chi connectivity index (χ0n) is 16.2. The highest BCUT2D eigenvalue weighted by Gasteiger charge is 2.20.